The van der Waals surface area contributed by atoms with Gasteiger partial charge in [-0.15, -0.1) is 24.8 Å². The molecule has 0 bridgehead atoms. The van der Waals surface area contributed by atoms with Gasteiger partial charge in [-0.2, -0.15) is 0 Å². The van der Waals surface area contributed by atoms with Gasteiger partial charge in [-0.05, 0) is 50.9 Å². The third kappa shape index (κ3) is 5.42. The number of halogens is 2. The topological polar surface area (TPSA) is 63.1 Å². The fourth-order valence-electron chi connectivity index (χ4n) is 3.02. The van der Waals surface area contributed by atoms with Gasteiger partial charge in [-0.25, -0.2) is 9.97 Å². The maximum Gasteiger partial charge on any atom is 0.255 e. The second-order valence-electron chi connectivity index (χ2n) is 6.00. The molecule has 0 aromatic carbocycles. The van der Waals surface area contributed by atoms with Crippen LogP contribution < -0.4 is 5.32 Å². The number of nitrogens with zero attached hydrogens (tertiary/aromatic N) is 4. The number of amides is 1. The molecular weight excluding hydrogens is 361 g/mol. The van der Waals surface area contributed by atoms with Gasteiger partial charge in [0, 0.05) is 31.7 Å². The summed E-state index contributed by atoms with van der Waals surface area (Å²) in [5, 5.41) is 3.20. The Morgan fingerprint density at radius 2 is 2.04 bits per heavy atom. The molecule has 0 radical (unpaired) electrons. The van der Waals surface area contributed by atoms with Crippen molar-refractivity contribution in [1.82, 2.24) is 24.8 Å². The molecule has 1 N–H and O–H groups in total. The number of imidazole rings is 1. The van der Waals surface area contributed by atoms with Crippen molar-refractivity contribution in [2.75, 3.05) is 26.7 Å². The Balaban J connectivity index is 0.00000156. The highest BCUT2D eigenvalue weighted by atomic mass is 35.5. The van der Waals surface area contributed by atoms with Gasteiger partial charge in [0.1, 0.15) is 12.1 Å². The zero-order valence-electron chi connectivity index (χ0n) is 14.3. The monoisotopic (exact) mass is 385 g/mol. The quantitative estimate of drug-likeness (QED) is 0.858. The van der Waals surface area contributed by atoms with Crippen LogP contribution in [0.1, 0.15) is 29.6 Å². The van der Waals surface area contributed by atoms with Gasteiger partial charge in [0.25, 0.3) is 5.91 Å². The van der Waals surface area contributed by atoms with Gasteiger partial charge < -0.3 is 10.2 Å². The maximum absolute atomic E-state index is 12.6. The van der Waals surface area contributed by atoms with Crippen LogP contribution in [-0.2, 0) is 0 Å². The molecule has 8 heteroatoms. The van der Waals surface area contributed by atoms with Crippen molar-refractivity contribution >= 4 is 30.7 Å². The van der Waals surface area contributed by atoms with E-state index in [0.29, 0.717) is 5.56 Å². The summed E-state index contributed by atoms with van der Waals surface area (Å²) in [6.07, 6.45) is 10.3. The summed E-state index contributed by atoms with van der Waals surface area (Å²) in [4.78, 5) is 22.9. The van der Waals surface area contributed by atoms with E-state index in [-0.39, 0.29) is 30.7 Å². The molecule has 3 heterocycles. The van der Waals surface area contributed by atoms with Gasteiger partial charge in [0.2, 0.25) is 0 Å². The van der Waals surface area contributed by atoms with Crippen molar-refractivity contribution in [3.8, 4) is 5.82 Å². The van der Waals surface area contributed by atoms with Gasteiger partial charge >= 0.3 is 0 Å². The van der Waals surface area contributed by atoms with Crippen molar-refractivity contribution in [3.05, 3.63) is 42.6 Å². The Hall–Kier alpha value is -1.63. The Kier molecular flexibility index (Phi) is 8.89. The Morgan fingerprint density at radius 3 is 2.60 bits per heavy atom. The lowest BCUT2D eigenvalue weighted by atomic mass is 9.93. The largest absolute Gasteiger partial charge is 0.339 e. The van der Waals surface area contributed by atoms with Gasteiger partial charge in [-0.3, -0.25) is 9.36 Å². The SMILES string of the molecule is CNCCC1CCN(C(=O)c2ccc(-n3ccnc3)nc2)CC1.Cl.Cl. The van der Waals surface area contributed by atoms with Crippen LogP contribution in [0, 0.1) is 5.92 Å². The van der Waals surface area contributed by atoms with Crippen molar-refractivity contribution in [1.29, 1.82) is 0 Å². The molecule has 6 nitrogen and oxygen atoms in total. The first-order chi connectivity index (χ1) is 11.3. The van der Waals surface area contributed by atoms with Crippen LogP contribution in [-0.4, -0.2) is 52.0 Å². The molecule has 138 valence electrons. The number of likely N-dealkylation sites (tertiary alicyclic amines) is 1. The standard InChI is InChI=1S/C17H23N5O.2ClH/c1-18-7-4-14-5-9-21(10-6-14)17(23)15-2-3-16(20-12-15)22-11-8-19-13-22;;/h2-3,8,11-14,18H,4-7,9-10H2,1H3;2*1H. The zero-order chi connectivity index (χ0) is 16.1. The van der Waals surface area contributed by atoms with Crippen LogP contribution in [0.4, 0.5) is 0 Å². The first kappa shape index (κ1) is 21.4. The van der Waals surface area contributed by atoms with E-state index >= 15 is 0 Å². The van der Waals surface area contributed by atoms with E-state index in [1.165, 1.54) is 6.42 Å². The minimum absolute atomic E-state index is 0. The third-order valence-corrected chi connectivity index (χ3v) is 4.47. The lowest BCUT2D eigenvalue weighted by Crippen LogP contribution is -2.39. The lowest BCUT2D eigenvalue weighted by molar-refractivity contribution is 0.0686. The molecule has 0 aliphatic carbocycles. The van der Waals surface area contributed by atoms with Crippen molar-refractivity contribution < 1.29 is 4.79 Å². The minimum Gasteiger partial charge on any atom is -0.339 e. The van der Waals surface area contributed by atoms with Crippen molar-refractivity contribution in [3.63, 3.8) is 0 Å². The molecular formula is C17H25Cl2N5O. The average Bonchev–Trinajstić information content (AvgIpc) is 3.14. The first-order valence-electron chi connectivity index (χ1n) is 8.16. The van der Waals surface area contributed by atoms with Crippen LogP contribution in [0.15, 0.2) is 37.1 Å². The second-order valence-corrected chi connectivity index (χ2v) is 6.00. The summed E-state index contributed by atoms with van der Waals surface area (Å²) in [6, 6.07) is 3.70. The molecule has 2 aromatic heterocycles. The summed E-state index contributed by atoms with van der Waals surface area (Å²) in [7, 11) is 1.99. The van der Waals surface area contributed by atoms with E-state index in [1.54, 1.807) is 18.7 Å². The lowest BCUT2D eigenvalue weighted by Gasteiger charge is -2.32. The molecule has 3 rings (SSSR count). The first-order valence-corrected chi connectivity index (χ1v) is 8.16. The molecule has 0 atom stereocenters. The summed E-state index contributed by atoms with van der Waals surface area (Å²) < 4.78 is 1.82. The molecule has 2 aromatic rings. The van der Waals surface area contributed by atoms with E-state index in [9.17, 15) is 4.79 Å². The fraction of sp³-hybridized carbons (Fsp3) is 0.471. The van der Waals surface area contributed by atoms with E-state index in [0.717, 1.165) is 44.2 Å². The number of aromatic nitrogens is 3. The van der Waals surface area contributed by atoms with Crippen LogP contribution in [0.2, 0.25) is 0 Å². The highest BCUT2D eigenvalue weighted by Crippen LogP contribution is 2.21. The molecule has 1 fully saturated rings. The number of rotatable bonds is 5. The number of nitrogens with one attached hydrogen (secondary N) is 1. The molecule has 1 aliphatic rings. The van der Waals surface area contributed by atoms with Crippen molar-refractivity contribution in [2.24, 2.45) is 5.92 Å². The summed E-state index contributed by atoms with van der Waals surface area (Å²) in [6.45, 7) is 2.74. The molecule has 0 unspecified atom stereocenters. The third-order valence-electron chi connectivity index (χ3n) is 4.47. The fourth-order valence-corrected chi connectivity index (χ4v) is 3.02. The van der Waals surface area contributed by atoms with Gasteiger partial charge in [0.05, 0.1) is 5.56 Å². The molecule has 1 aliphatic heterocycles. The van der Waals surface area contributed by atoms with Crippen LogP contribution in [0.3, 0.4) is 0 Å². The number of hydrogen-bond acceptors (Lipinski definition) is 4. The highest BCUT2D eigenvalue weighted by Gasteiger charge is 2.23. The minimum atomic E-state index is 0. The molecule has 25 heavy (non-hydrogen) atoms. The Labute approximate surface area is 160 Å². The Morgan fingerprint density at radius 1 is 1.28 bits per heavy atom. The molecule has 1 saturated heterocycles. The van der Waals surface area contributed by atoms with Crippen LogP contribution >= 0.6 is 24.8 Å². The predicted molar refractivity (Wildman–Crippen MR) is 103 cm³/mol. The number of carbonyl (C=O) groups excluding carboxylic acids is 1. The molecule has 0 spiro atoms. The summed E-state index contributed by atoms with van der Waals surface area (Å²) in [5.74, 6) is 1.58. The average molecular weight is 386 g/mol. The van der Waals surface area contributed by atoms with Crippen LogP contribution in [0.5, 0.6) is 0 Å². The zero-order valence-corrected chi connectivity index (χ0v) is 15.9. The van der Waals surface area contributed by atoms with E-state index in [4.69, 9.17) is 0 Å². The van der Waals surface area contributed by atoms with Gasteiger partial charge in [-0.1, -0.05) is 0 Å². The molecule has 1 amide bonds. The maximum atomic E-state index is 12.6. The van der Waals surface area contributed by atoms with Crippen LogP contribution in [0.25, 0.3) is 5.82 Å². The predicted octanol–water partition coefficient (Wildman–Crippen LogP) is 2.57. The normalized spacial score (nSPS) is 14.5. The smallest absolute Gasteiger partial charge is 0.255 e. The van der Waals surface area contributed by atoms with E-state index in [2.05, 4.69) is 15.3 Å². The number of carbonyl (C=O) groups is 1. The van der Waals surface area contributed by atoms with E-state index < -0.39 is 0 Å². The van der Waals surface area contributed by atoms with E-state index in [1.807, 2.05) is 34.8 Å². The second kappa shape index (κ2) is 10.4. The summed E-state index contributed by atoms with van der Waals surface area (Å²) >= 11 is 0. The van der Waals surface area contributed by atoms with Crippen molar-refractivity contribution in [2.45, 2.75) is 19.3 Å². The molecule has 0 saturated carbocycles. The Bertz CT molecular complexity index is 625. The number of hydrogen-bond donors (Lipinski definition) is 1. The summed E-state index contributed by atoms with van der Waals surface area (Å²) in [5.41, 5.74) is 0.655. The van der Waals surface area contributed by atoms with Gasteiger partial charge in [0.15, 0.2) is 0 Å². The highest BCUT2D eigenvalue weighted by molar-refractivity contribution is 5.94. The number of piperidine rings is 1. The number of pyridine rings is 1.